The van der Waals surface area contributed by atoms with E-state index in [4.69, 9.17) is 0 Å². The summed E-state index contributed by atoms with van der Waals surface area (Å²) in [5.74, 6) is 0. The number of hydrogen-bond donors (Lipinski definition) is 0. The second-order valence-electron chi connectivity index (χ2n) is 1.30. The molecule has 0 aromatic carbocycles. The van der Waals surface area contributed by atoms with Gasteiger partial charge in [-0.15, -0.1) is 0 Å². The topological polar surface area (TPSA) is 29.5 Å². The van der Waals surface area contributed by atoms with Gasteiger partial charge in [0.25, 0.3) is 0 Å². The van der Waals surface area contributed by atoms with Gasteiger partial charge >= 0.3 is 5.24 Å². The summed E-state index contributed by atoms with van der Waals surface area (Å²) in [6.45, 7) is 0.475. The van der Waals surface area contributed by atoms with Crippen molar-refractivity contribution < 1.29 is 9.63 Å². The van der Waals surface area contributed by atoms with E-state index in [0.29, 0.717) is 6.54 Å². The lowest BCUT2D eigenvalue weighted by Crippen LogP contribution is -2.20. The maximum atomic E-state index is 10.2. The fourth-order valence-corrected chi connectivity index (χ4v) is 0.533. The third-order valence-corrected chi connectivity index (χ3v) is 0.963. The quantitative estimate of drug-likeness (QED) is 0.490. The van der Waals surface area contributed by atoms with Crippen molar-refractivity contribution in [3.63, 3.8) is 0 Å². The summed E-state index contributed by atoms with van der Waals surface area (Å²) in [5, 5.41) is 0.616. The fraction of sp³-hybridized carbons (Fsp3) is 0.250. The van der Waals surface area contributed by atoms with E-state index in [2.05, 4.69) is 17.5 Å². The molecule has 0 fully saturated rings. The second kappa shape index (κ2) is 2.00. The largest absolute Gasteiger partial charge is 0.384 e. The SMILES string of the molecule is O=C([S])N1CC=CO1. The van der Waals surface area contributed by atoms with Crippen LogP contribution in [0.5, 0.6) is 0 Å². The summed E-state index contributed by atoms with van der Waals surface area (Å²) < 4.78 is 0. The van der Waals surface area contributed by atoms with Crippen molar-refractivity contribution in [2.24, 2.45) is 0 Å². The first-order valence-corrected chi connectivity index (χ1v) is 2.52. The second-order valence-corrected chi connectivity index (χ2v) is 1.65. The van der Waals surface area contributed by atoms with Gasteiger partial charge in [0, 0.05) is 0 Å². The van der Waals surface area contributed by atoms with Gasteiger partial charge in [0.1, 0.15) is 6.26 Å². The van der Waals surface area contributed by atoms with Crippen LogP contribution >= 0.6 is 12.6 Å². The van der Waals surface area contributed by atoms with E-state index >= 15 is 0 Å². The van der Waals surface area contributed by atoms with Gasteiger partial charge in [0.2, 0.25) is 0 Å². The van der Waals surface area contributed by atoms with Crippen LogP contribution < -0.4 is 0 Å². The van der Waals surface area contributed by atoms with Gasteiger partial charge in [-0.2, -0.15) is 5.06 Å². The Morgan fingerprint density at radius 2 is 2.62 bits per heavy atom. The molecule has 1 amide bonds. The third-order valence-electron chi connectivity index (χ3n) is 0.759. The van der Waals surface area contributed by atoms with E-state index in [9.17, 15) is 4.79 Å². The van der Waals surface area contributed by atoms with Crippen LogP contribution in [0.1, 0.15) is 0 Å². The van der Waals surface area contributed by atoms with Gasteiger partial charge in [0.15, 0.2) is 0 Å². The van der Waals surface area contributed by atoms with Crippen LogP contribution in [0.4, 0.5) is 4.79 Å². The first kappa shape index (κ1) is 5.37. The molecule has 0 saturated carbocycles. The van der Waals surface area contributed by atoms with Gasteiger partial charge in [-0.05, 0) is 18.7 Å². The minimum absolute atomic E-state index is 0.475. The molecule has 43 valence electrons. The highest BCUT2D eigenvalue weighted by molar-refractivity contribution is 7.96. The summed E-state index contributed by atoms with van der Waals surface area (Å²) >= 11 is 4.26. The number of nitrogens with zero attached hydrogens (tertiary/aromatic N) is 1. The summed E-state index contributed by atoms with van der Waals surface area (Å²) in [7, 11) is 0. The molecule has 1 radical (unpaired) electrons. The lowest BCUT2D eigenvalue weighted by Gasteiger charge is -2.07. The molecule has 1 heterocycles. The van der Waals surface area contributed by atoms with Gasteiger partial charge in [-0.1, -0.05) is 0 Å². The standard InChI is InChI=1S/C4H4NO2S/c6-4(8)5-2-1-3-7-5/h1,3H,2H2. The number of carbonyl (C=O) groups excluding carboxylic acids is 1. The van der Waals surface area contributed by atoms with Crippen LogP contribution in [0.25, 0.3) is 0 Å². The molecular weight excluding hydrogens is 126 g/mol. The average Bonchev–Trinajstić information content (AvgIpc) is 2.12. The summed E-state index contributed by atoms with van der Waals surface area (Å²) in [6.07, 6.45) is 3.15. The van der Waals surface area contributed by atoms with Crippen molar-refractivity contribution >= 4 is 17.9 Å². The Bertz CT molecular complexity index is 126. The predicted octanol–water partition coefficient (Wildman–Crippen LogP) is 1.06. The number of amides is 1. The van der Waals surface area contributed by atoms with Gasteiger partial charge in [-0.3, -0.25) is 4.79 Å². The Kier molecular flexibility index (Phi) is 1.34. The smallest absolute Gasteiger partial charge is 0.346 e. The molecule has 3 nitrogen and oxygen atoms in total. The number of hydrogen-bond acceptors (Lipinski definition) is 2. The van der Waals surface area contributed by atoms with Crippen molar-refractivity contribution in [3.05, 3.63) is 12.3 Å². The zero-order valence-electron chi connectivity index (χ0n) is 4.03. The van der Waals surface area contributed by atoms with E-state index in [0.717, 1.165) is 5.06 Å². The van der Waals surface area contributed by atoms with E-state index in [1.807, 2.05) is 0 Å². The van der Waals surface area contributed by atoms with Crippen molar-refractivity contribution in [1.82, 2.24) is 5.06 Å². The molecule has 0 saturated heterocycles. The summed E-state index contributed by atoms with van der Waals surface area (Å²) in [4.78, 5) is 14.8. The summed E-state index contributed by atoms with van der Waals surface area (Å²) in [6, 6.07) is 0. The minimum Gasteiger partial charge on any atom is -0.384 e. The van der Waals surface area contributed by atoms with Gasteiger partial charge in [-0.25, -0.2) is 0 Å². The number of carbonyl (C=O) groups is 1. The van der Waals surface area contributed by atoms with Crippen LogP contribution in [-0.2, 0) is 4.84 Å². The van der Waals surface area contributed by atoms with Crippen LogP contribution in [0.15, 0.2) is 12.3 Å². The zero-order valence-corrected chi connectivity index (χ0v) is 4.85. The molecule has 0 spiro atoms. The maximum Gasteiger partial charge on any atom is 0.346 e. The van der Waals surface area contributed by atoms with Crippen molar-refractivity contribution in [2.45, 2.75) is 0 Å². The molecular formula is C4H4NO2S. The van der Waals surface area contributed by atoms with E-state index in [-0.39, 0.29) is 0 Å². The highest BCUT2D eigenvalue weighted by Crippen LogP contribution is 2.03. The zero-order chi connectivity index (χ0) is 5.98. The third kappa shape index (κ3) is 0.894. The first-order valence-electron chi connectivity index (χ1n) is 2.11. The molecule has 0 bridgehead atoms. The normalized spacial score (nSPS) is 16.2. The van der Waals surface area contributed by atoms with Crippen LogP contribution in [-0.4, -0.2) is 16.8 Å². The highest BCUT2D eigenvalue weighted by atomic mass is 32.1. The van der Waals surface area contributed by atoms with Crippen molar-refractivity contribution in [2.75, 3.05) is 6.54 Å². The van der Waals surface area contributed by atoms with Crippen molar-refractivity contribution in [3.8, 4) is 0 Å². The molecule has 8 heavy (non-hydrogen) atoms. The Balaban J connectivity index is 2.41. The van der Waals surface area contributed by atoms with E-state index in [1.54, 1.807) is 6.08 Å². The molecule has 0 aliphatic carbocycles. The summed E-state index contributed by atoms with van der Waals surface area (Å²) in [5.41, 5.74) is 0. The Labute approximate surface area is 52.3 Å². The Morgan fingerprint density at radius 1 is 1.88 bits per heavy atom. The molecule has 4 heteroatoms. The van der Waals surface area contributed by atoms with E-state index in [1.165, 1.54) is 6.26 Å². The lowest BCUT2D eigenvalue weighted by molar-refractivity contribution is -0.0178. The Hall–Kier alpha value is -0.770. The van der Waals surface area contributed by atoms with E-state index < -0.39 is 5.24 Å². The van der Waals surface area contributed by atoms with Gasteiger partial charge < -0.3 is 4.84 Å². The first-order chi connectivity index (χ1) is 3.80. The van der Waals surface area contributed by atoms with Crippen LogP contribution in [0.3, 0.4) is 0 Å². The minimum atomic E-state index is -0.477. The molecule has 0 N–H and O–H groups in total. The molecule has 0 aromatic heterocycles. The Morgan fingerprint density at radius 3 is 2.88 bits per heavy atom. The predicted molar refractivity (Wildman–Crippen MR) is 29.9 cm³/mol. The molecule has 1 aliphatic heterocycles. The molecule has 0 aromatic rings. The highest BCUT2D eigenvalue weighted by Gasteiger charge is 2.11. The average molecular weight is 130 g/mol. The lowest BCUT2D eigenvalue weighted by atomic mass is 10.6. The number of rotatable bonds is 0. The van der Waals surface area contributed by atoms with Crippen molar-refractivity contribution in [1.29, 1.82) is 0 Å². The van der Waals surface area contributed by atoms with Crippen LogP contribution in [0.2, 0.25) is 0 Å². The fourth-order valence-electron chi connectivity index (χ4n) is 0.416. The monoisotopic (exact) mass is 130 g/mol. The van der Waals surface area contributed by atoms with Crippen LogP contribution in [0, 0.1) is 0 Å². The number of hydroxylamine groups is 2. The van der Waals surface area contributed by atoms with Gasteiger partial charge in [0.05, 0.1) is 6.54 Å². The molecule has 0 unspecified atom stereocenters. The molecule has 0 atom stereocenters. The molecule has 1 rings (SSSR count). The maximum absolute atomic E-state index is 10.2. The molecule has 1 aliphatic rings.